The lowest BCUT2D eigenvalue weighted by Crippen LogP contribution is -2.16. The van der Waals surface area contributed by atoms with Crippen LogP contribution in [0.4, 0.5) is 4.39 Å². The lowest BCUT2D eigenvalue weighted by molar-refractivity contribution is 0.322. The summed E-state index contributed by atoms with van der Waals surface area (Å²) in [4.78, 5) is 0. The molecular weight excluding hydrogens is 281 g/mol. The number of rotatable bonds is 8. The van der Waals surface area contributed by atoms with Gasteiger partial charge in [-0.15, -0.1) is 0 Å². The van der Waals surface area contributed by atoms with Crippen LogP contribution in [-0.2, 0) is 16.4 Å². The Labute approximate surface area is 119 Å². The predicted molar refractivity (Wildman–Crippen MR) is 76.1 cm³/mol. The molecule has 0 unspecified atom stereocenters. The van der Waals surface area contributed by atoms with Gasteiger partial charge in [0.15, 0.2) is 21.4 Å². The average Bonchev–Trinajstić information content (AvgIpc) is 3.23. The van der Waals surface area contributed by atoms with Crippen molar-refractivity contribution in [2.24, 2.45) is 0 Å². The smallest absolute Gasteiger partial charge is 0.165 e. The van der Waals surface area contributed by atoms with Crippen LogP contribution >= 0.6 is 0 Å². The molecule has 112 valence electrons. The second-order valence-electron chi connectivity index (χ2n) is 5.00. The molecule has 0 amide bonds. The van der Waals surface area contributed by atoms with Crippen LogP contribution in [-0.4, -0.2) is 32.6 Å². The molecule has 1 saturated carbocycles. The Bertz CT molecular complexity index is 556. The highest BCUT2D eigenvalue weighted by atomic mass is 32.2. The molecule has 1 aliphatic carbocycles. The summed E-state index contributed by atoms with van der Waals surface area (Å²) in [6.07, 6.45) is 2.38. The van der Waals surface area contributed by atoms with Gasteiger partial charge in [0.05, 0.1) is 5.75 Å². The summed E-state index contributed by atoms with van der Waals surface area (Å²) in [6, 6.07) is 5.35. The van der Waals surface area contributed by atoms with E-state index in [9.17, 15) is 12.8 Å². The maximum absolute atomic E-state index is 13.8. The standard InChI is InChI=1S/C14H20FNO3S/c1-2-20(17,18)8-7-19-14-6-3-11(9-13(14)15)10-16-12-4-5-12/h3,6,9,12,16H,2,4-5,7-8,10H2,1H3. The van der Waals surface area contributed by atoms with Crippen LogP contribution < -0.4 is 10.1 Å². The highest BCUT2D eigenvalue weighted by molar-refractivity contribution is 7.91. The number of benzene rings is 1. The van der Waals surface area contributed by atoms with Gasteiger partial charge in [0.2, 0.25) is 0 Å². The molecule has 4 nitrogen and oxygen atoms in total. The van der Waals surface area contributed by atoms with E-state index >= 15 is 0 Å². The topological polar surface area (TPSA) is 55.4 Å². The zero-order valence-corrected chi connectivity index (χ0v) is 12.4. The van der Waals surface area contributed by atoms with Crippen molar-refractivity contribution in [3.8, 4) is 5.75 Å². The van der Waals surface area contributed by atoms with Crippen LogP contribution in [0, 0.1) is 5.82 Å². The van der Waals surface area contributed by atoms with Crippen LogP contribution in [0.2, 0.25) is 0 Å². The molecule has 6 heteroatoms. The first-order chi connectivity index (χ1) is 9.50. The average molecular weight is 301 g/mol. The maximum Gasteiger partial charge on any atom is 0.165 e. The SMILES string of the molecule is CCS(=O)(=O)CCOc1ccc(CNC2CC2)cc1F. The molecule has 2 rings (SSSR count). The van der Waals surface area contributed by atoms with Crippen LogP contribution in [0.25, 0.3) is 0 Å². The number of ether oxygens (including phenoxy) is 1. The number of hydrogen-bond donors (Lipinski definition) is 1. The first-order valence-electron chi connectivity index (χ1n) is 6.85. The third-order valence-corrected chi connectivity index (χ3v) is 4.93. The van der Waals surface area contributed by atoms with Crippen molar-refractivity contribution in [3.63, 3.8) is 0 Å². The normalized spacial score (nSPS) is 15.3. The largest absolute Gasteiger partial charge is 0.489 e. The fourth-order valence-electron chi connectivity index (χ4n) is 1.74. The van der Waals surface area contributed by atoms with Crippen LogP contribution in [0.3, 0.4) is 0 Å². The van der Waals surface area contributed by atoms with Gasteiger partial charge in [-0.1, -0.05) is 13.0 Å². The highest BCUT2D eigenvalue weighted by Crippen LogP contribution is 2.21. The quantitative estimate of drug-likeness (QED) is 0.796. The van der Waals surface area contributed by atoms with E-state index in [1.807, 2.05) is 0 Å². The lowest BCUT2D eigenvalue weighted by Gasteiger charge is -2.09. The highest BCUT2D eigenvalue weighted by Gasteiger charge is 2.20. The Morgan fingerprint density at radius 3 is 2.75 bits per heavy atom. The van der Waals surface area contributed by atoms with Gasteiger partial charge in [-0.25, -0.2) is 12.8 Å². The van der Waals surface area contributed by atoms with E-state index < -0.39 is 15.7 Å². The Balaban J connectivity index is 1.85. The lowest BCUT2D eigenvalue weighted by atomic mass is 10.2. The predicted octanol–water partition coefficient (Wildman–Crippen LogP) is 1.89. The molecule has 1 aromatic rings. The molecule has 1 N–H and O–H groups in total. The fourth-order valence-corrected chi connectivity index (χ4v) is 2.37. The van der Waals surface area contributed by atoms with E-state index in [-0.39, 0.29) is 23.9 Å². The Hall–Kier alpha value is -1.14. The van der Waals surface area contributed by atoms with Gasteiger partial charge in [0.25, 0.3) is 0 Å². The van der Waals surface area contributed by atoms with Crippen molar-refractivity contribution in [2.75, 3.05) is 18.1 Å². The molecule has 1 fully saturated rings. The van der Waals surface area contributed by atoms with E-state index in [0.717, 1.165) is 5.56 Å². The van der Waals surface area contributed by atoms with E-state index in [4.69, 9.17) is 4.74 Å². The summed E-state index contributed by atoms with van der Waals surface area (Å²) in [6.45, 7) is 2.20. The van der Waals surface area contributed by atoms with E-state index in [2.05, 4.69) is 5.32 Å². The van der Waals surface area contributed by atoms with Gasteiger partial charge in [0, 0.05) is 18.3 Å². The van der Waals surface area contributed by atoms with E-state index in [0.29, 0.717) is 12.6 Å². The van der Waals surface area contributed by atoms with Gasteiger partial charge < -0.3 is 10.1 Å². The fraction of sp³-hybridized carbons (Fsp3) is 0.571. The van der Waals surface area contributed by atoms with Gasteiger partial charge in [0.1, 0.15) is 6.61 Å². The second kappa shape index (κ2) is 6.54. The van der Waals surface area contributed by atoms with E-state index in [1.54, 1.807) is 19.1 Å². The first kappa shape index (κ1) is 15.3. The summed E-state index contributed by atoms with van der Waals surface area (Å²) in [7, 11) is -3.08. The molecule has 1 aromatic carbocycles. The molecule has 1 aliphatic rings. The molecule has 0 spiro atoms. The zero-order valence-electron chi connectivity index (χ0n) is 11.6. The minimum Gasteiger partial charge on any atom is -0.489 e. The van der Waals surface area contributed by atoms with Gasteiger partial charge in [-0.05, 0) is 30.5 Å². The van der Waals surface area contributed by atoms with Crippen molar-refractivity contribution in [3.05, 3.63) is 29.6 Å². The Morgan fingerprint density at radius 1 is 1.40 bits per heavy atom. The minimum atomic E-state index is -3.08. The third-order valence-electron chi connectivity index (χ3n) is 3.26. The van der Waals surface area contributed by atoms with Crippen molar-refractivity contribution >= 4 is 9.84 Å². The van der Waals surface area contributed by atoms with Crippen molar-refractivity contribution < 1.29 is 17.5 Å². The molecule has 0 aliphatic heterocycles. The zero-order chi connectivity index (χ0) is 14.6. The molecule has 0 saturated heterocycles. The molecule has 20 heavy (non-hydrogen) atoms. The van der Waals surface area contributed by atoms with Crippen LogP contribution in [0.15, 0.2) is 18.2 Å². The summed E-state index contributed by atoms with van der Waals surface area (Å²) in [5.41, 5.74) is 0.864. The summed E-state index contributed by atoms with van der Waals surface area (Å²) < 4.78 is 41.6. The van der Waals surface area contributed by atoms with Gasteiger partial charge in [-0.2, -0.15) is 0 Å². The molecule has 0 heterocycles. The molecule has 0 bridgehead atoms. The maximum atomic E-state index is 13.8. The molecule has 0 atom stereocenters. The van der Waals surface area contributed by atoms with Crippen LogP contribution in [0.5, 0.6) is 5.75 Å². The molecule has 0 radical (unpaired) electrons. The third kappa shape index (κ3) is 4.76. The second-order valence-corrected chi connectivity index (χ2v) is 7.48. The van der Waals surface area contributed by atoms with E-state index in [1.165, 1.54) is 18.9 Å². The van der Waals surface area contributed by atoms with Crippen molar-refractivity contribution in [1.82, 2.24) is 5.32 Å². The number of hydrogen-bond acceptors (Lipinski definition) is 4. The first-order valence-corrected chi connectivity index (χ1v) is 8.67. The van der Waals surface area contributed by atoms with Gasteiger partial charge in [-0.3, -0.25) is 0 Å². The minimum absolute atomic E-state index is 0.0211. The van der Waals surface area contributed by atoms with Crippen LogP contribution in [0.1, 0.15) is 25.3 Å². The Kier molecular flexibility index (Phi) is 4.99. The molecule has 0 aromatic heterocycles. The Morgan fingerprint density at radius 2 is 2.15 bits per heavy atom. The number of sulfone groups is 1. The summed E-state index contributed by atoms with van der Waals surface area (Å²) in [5, 5.41) is 3.30. The number of nitrogens with one attached hydrogen (secondary N) is 1. The number of halogens is 1. The molecular formula is C14H20FNO3S. The van der Waals surface area contributed by atoms with Gasteiger partial charge >= 0.3 is 0 Å². The van der Waals surface area contributed by atoms with Crippen molar-refractivity contribution in [2.45, 2.75) is 32.4 Å². The summed E-state index contributed by atoms with van der Waals surface area (Å²) in [5.74, 6) is -0.362. The summed E-state index contributed by atoms with van der Waals surface area (Å²) >= 11 is 0. The van der Waals surface area contributed by atoms with Crippen molar-refractivity contribution in [1.29, 1.82) is 0 Å². The monoisotopic (exact) mass is 301 g/mol.